The highest BCUT2D eigenvalue weighted by molar-refractivity contribution is 5.78. The van der Waals surface area contributed by atoms with Crippen LogP contribution in [0.15, 0.2) is 24.3 Å². The molecule has 1 rings (SSSR count). The number of hydrogen-bond donors (Lipinski definition) is 2. The van der Waals surface area contributed by atoms with E-state index in [0.29, 0.717) is 24.9 Å². The minimum Gasteiger partial charge on any atom is -0.352 e. The van der Waals surface area contributed by atoms with E-state index in [9.17, 15) is 9.18 Å². The number of carbonyl (C=O) groups excluding carboxylic acids is 1. The van der Waals surface area contributed by atoms with Gasteiger partial charge in [0, 0.05) is 18.5 Å². The molecular formula is C14H21FN2O. The van der Waals surface area contributed by atoms with Crippen molar-refractivity contribution >= 4 is 5.91 Å². The standard InChI is InChI=1S/C14H21FN2O/c1-10(14(18)17-11(2)9-16)7-8-12-5-3-4-6-13(12)15/h3-6,10-11H,7-9,16H2,1-2H3,(H,17,18)/t10?,11-/m0/s1. The molecule has 0 aliphatic rings. The summed E-state index contributed by atoms with van der Waals surface area (Å²) in [6, 6.07) is 6.64. The first-order valence-corrected chi connectivity index (χ1v) is 6.28. The highest BCUT2D eigenvalue weighted by Crippen LogP contribution is 2.13. The average Bonchev–Trinajstić information content (AvgIpc) is 2.37. The Hall–Kier alpha value is -1.42. The van der Waals surface area contributed by atoms with Crippen molar-refractivity contribution in [3.05, 3.63) is 35.6 Å². The van der Waals surface area contributed by atoms with Crippen LogP contribution in [0, 0.1) is 11.7 Å². The number of halogens is 1. The zero-order valence-electron chi connectivity index (χ0n) is 10.9. The monoisotopic (exact) mass is 252 g/mol. The van der Waals surface area contributed by atoms with E-state index in [2.05, 4.69) is 5.32 Å². The number of nitrogens with two attached hydrogens (primary N) is 1. The average molecular weight is 252 g/mol. The molecule has 0 heterocycles. The third kappa shape index (κ3) is 4.45. The van der Waals surface area contributed by atoms with Gasteiger partial charge in [-0.3, -0.25) is 4.79 Å². The fourth-order valence-corrected chi connectivity index (χ4v) is 1.65. The maximum absolute atomic E-state index is 13.4. The molecule has 0 aliphatic carbocycles. The molecule has 0 spiro atoms. The summed E-state index contributed by atoms with van der Waals surface area (Å²) in [6.45, 7) is 4.13. The van der Waals surface area contributed by atoms with Gasteiger partial charge in [-0.15, -0.1) is 0 Å². The van der Waals surface area contributed by atoms with Gasteiger partial charge >= 0.3 is 0 Å². The first kappa shape index (κ1) is 14.6. The van der Waals surface area contributed by atoms with E-state index in [4.69, 9.17) is 5.73 Å². The highest BCUT2D eigenvalue weighted by Gasteiger charge is 2.15. The second kappa shape index (κ2) is 7.11. The van der Waals surface area contributed by atoms with Crippen molar-refractivity contribution in [3.8, 4) is 0 Å². The molecule has 1 aromatic rings. The van der Waals surface area contributed by atoms with Gasteiger partial charge in [-0.1, -0.05) is 25.1 Å². The van der Waals surface area contributed by atoms with E-state index in [1.165, 1.54) is 6.07 Å². The van der Waals surface area contributed by atoms with E-state index in [0.717, 1.165) is 0 Å². The van der Waals surface area contributed by atoms with Crippen molar-refractivity contribution in [3.63, 3.8) is 0 Å². The molecule has 2 atom stereocenters. The Kier molecular flexibility index (Phi) is 5.78. The molecule has 1 unspecified atom stereocenters. The Morgan fingerprint density at radius 1 is 1.39 bits per heavy atom. The molecule has 0 radical (unpaired) electrons. The molecule has 1 amide bonds. The molecule has 0 aromatic heterocycles. The van der Waals surface area contributed by atoms with Gasteiger partial charge in [-0.2, -0.15) is 0 Å². The molecular weight excluding hydrogens is 231 g/mol. The first-order valence-electron chi connectivity index (χ1n) is 6.28. The van der Waals surface area contributed by atoms with Gasteiger partial charge in [0.25, 0.3) is 0 Å². The second-order valence-electron chi connectivity index (χ2n) is 4.68. The van der Waals surface area contributed by atoms with Gasteiger partial charge in [0.05, 0.1) is 0 Å². The van der Waals surface area contributed by atoms with Crippen molar-refractivity contribution < 1.29 is 9.18 Å². The summed E-state index contributed by atoms with van der Waals surface area (Å²) in [5, 5.41) is 2.82. The van der Waals surface area contributed by atoms with Crippen LogP contribution in [0.4, 0.5) is 4.39 Å². The first-order chi connectivity index (χ1) is 8.54. The molecule has 100 valence electrons. The fourth-order valence-electron chi connectivity index (χ4n) is 1.65. The molecule has 4 heteroatoms. The number of amides is 1. The number of rotatable bonds is 6. The maximum atomic E-state index is 13.4. The quantitative estimate of drug-likeness (QED) is 0.812. The van der Waals surface area contributed by atoms with E-state index in [-0.39, 0.29) is 23.7 Å². The predicted molar refractivity (Wildman–Crippen MR) is 70.5 cm³/mol. The number of aryl methyl sites for hydroxylation is 1. The largest absolute Gasteiger partial charge is 0.352 e. The van der Waals surface area contributed by atoms with Crippen LogP contribution >= 0.6 is 0 Å². The fraction of sp³-hybridized carbons (Fsp3) is 0.500. The van der Waals surface area contributed by atoms with Crippen LogP contribution in [0.25, 0.3) is 0 Å². The van der Waals surface area contributed by atoms with Crippen LogP contribution in [0.5, 0.6) is 0 Å². The van der Waals surface area contributed by atoms with Crippen molar-refractivity contribution in [1.29, 1.82) is 0 Å². The Bertz CT molecular complexity index is 395. The topological polar surface area (TPSA) is 55.1 Å². The van der Waals surface area contributed by atoms with Crippen LogP contribution in [0.1, 0.15) is 25.8 Å². The molecule has 1 aromatic carbocycles. The molecule has 3 nitrogen and oxygen atoms in total. The Balaban J connectivity index is 2.44. The SMILES string of the molecule is CC(CCc1ccccc1F)C(=O)N[C@@H](C)CN. The molecule has 3 N–H and O–H groups in total. The van der Waals surface area contributed by atoms with Crippen molar-refractivity contribution in [1.82, 2.24) is 5.32 Å². The smallest absolute Gasteiger partial charge is 0.223 e. The second-order valence-corrected chi connectivity index (χ2v) is 4.68. The van der Waals surface area contributed by atoms with Crippen LogP contribution in [-0.2, 0) is 11.2 Å². The van der Waals surface area contributed by atoms with Gasteiger partial charge in [-0.25, -0.2) is 4.39 Å². The molecule has 0 fully saturated rings. The minimum absolute atomic E-state index is 0.0200. The number of hydrogen-bond acceptors (Lipinski definition) is 2. The zero-order valence-corrected chi connectivity index (χ0v) is 10.9. The summed E-state index contributed by atoms with van der Waals surface area (Å²) in [4.78, 5) is 11.8. The highest BCUT2D eigenvalue weighted by atomic mass is 19.1. The summed E-state index contributed by atoms with van der Waals surface area (Å²) >= 11 is 0. The predicted octanol–water partition coefficient (Wildman–Crippen LogP) is 1.86. The Morgan fingerprint density at radius 2 is 2.06 bits per heavy atom. The van der Waals surface area contributed by atoms with E-state index in [1.54, 1.807) is 18.2 Å². The molecule has 0 bridgehead atoms. The third-order valence-corrected chi connectivity index (χ3v) is 2.99. The minimum atomic E-state index is -0.208. The lowest BCUT2D eigenvalue weighted by molar-refractivity contribution is -0.125. The number of benzene rings is 1. The van der Waals surface area contributed by atoms with E-state index >= 15 is 0 Å². The maximum Gasteiger partial charge on any atom is 0.223 e. The molecule has 0 aliphatic heterocycles. The van der Waals surface area contributed by atoms with Gasteiger partial charge in [0.15, 0.2) is 0 Å². The summed E-state index contributed by atoms with van der Waals surface area (Å²) in [7, 11) is 0. The van der Waals surface area contributed by atoms with Gasteiger partial charge in [-0.05, 0) is 31.4 Å². The Labute approximate surface area is 108 Å². The lowest BCUT2D eigenvalue weighted by Crippen LogP contribution is -2.40. The molecule has 0 saturated heterocycles. The summed E-state index contributed by atoms with van der Waals surface area (Å²) < 4.78 is 13.4. The van der Waals surface area contributed by atoms with E-state index in [1.807, 2.05) is 13.8 Å². The van der Waals surface area contributed by atoms with Crippen molar-refractivity contribution in [2.45, 2.75) is 32.7 Å². The third-order valence-electron chi connectivity index (χ3n) is 2.99. The van der Waals surface area contributed by atoms with Gasteiger partial charge in [0.2, 0.25) is 5.91 Å². The number of carbonyl (C=O) groups is 1. The molecule has 0 saturated carbocycles. The van der Waals surface area contributed by atoms with Gasteiger partial charge < -0.3 is 11.1 Å². The lowest BCUT2D eigenvalue weighted by atomic mass is 10.00. The van der Waals surface area contributed by atoms with Crippen LogP contribution in [0.3, 0.4) is 0 Å². The Morgan fingerprint density at radius 3 is 2.67 bits per heavy atom. The van der Waals surface area contributed by atoms with Gasteiger partial charge in [0.1, 0.15) is 5.82 Å². The summed E-state index contributed by atoms with van der Waals surface area (Å²) in [5.74, 6) is -0.372. The van der Waals surface area contributed by atoms with Crippen LogP contribution in [0.2, 0.25) is 0 Å². The normalized spacial score (nSPS) is 14.0. The number of nitrogens with one attached hydrogen (secondary N) is 1. The zero-order chi connectivity index (χ0) is 13.5. The van der Waals surface area contributed by atoms with Crippen molar-refractivity contribution in [2.24, 2.45) is 11.7 Å². The molecule has 18 heavy (non-hydrogen) atoms. The van der Waals surface area contributed by atoms with Crippen LogP contribution < -0.4 is 11.1 Å². The lowest BCUT2D eigenvalue weighted by Gasteiger charge is -2.16. The summed E-state index contributed by atoms with van der Waals surface area (Å²) in [6.07, 6.45) is 1.20. The van der Waals surface area contributed by atoms with Crippen LogP contribution in [-0.4, -0.2) is 18.5 Å². The van der Waals surface area contributed by atoms with Crippen molar-refractivity contribution in [2.75, 3.05) is 6.54 Å². The van der Waals surface area contributed by atoms with E-state index < -0.39 is 0 Å². The summed E-state index contributed by atoms with van der Waals surface area (Å²) in [5.41, 5.74) is 6.10.